The second kappa shape index (κ2) is 9.21. The largest absolute Gasteiger partial charge is 0.507 e. The first-order chi connectivity index (χ1) is 14.9. The van der Waals surface area contributed by atoms with E-state index in [9.17, 15) is 15.0 Å². The number of aryl methyl sites for hydroxylation is 1. The third-order valence-electron chi connectivity index (χ3n) is 6.89. The molecule has 1 fully saturated rings. The highest BCUT2D eigenvalue weighted by atomic mass is 16.5. The second-order valence-corrected chi connectivity index (χ2v) is 9.10. The summed E-state index contributed by atoms with van der Waals surface area (Å²) in [7, 11) is 0. The molecule has 4 rings (SSSR count). The normalized spacial score (nSPS) is 25.6. The smallest absolute Gasteiger partial charge is 0.306 e. The zero-order chi connectivity index (χ0) is 22.0. The molecule has 5 atom stereocenters. The van der Waals surface area contributed by atoms with E-state index in [-0.39, 0.29) is 35.7 Å². The van der Waals surface area contributed by atoms with Crippen molar-refractivity contribution in [3.05, 3.63) is 53.6 Å². The van der Waals surface area contributed by atoms with Crippen molar-refractivity contribution >= 4 is 5.97 Å². The number of phenolic OH excluding ortho intramolecular Hbond substituents is 1. The van der Waals surface area contributed by atoms with E-state index in [0.29, 0.717) is 24.3 Å². The maximum Gasteiger partial charge on any atom is 0.306 e. The predicted octanol–water partition coefficient (Wildman–Crippen LogP) is 5.55. The lowest BCUT2D eigenvalue weighted by molar-refractivity contribution is -0.143. The molecule has 0 bridgehead atoms. The van der Waals surface area contributed by atoms with Gasteiger partial charge in [-0.2, -0.15) is 0 Å². The third-order valence-corrected chi connectivity index (χ3v) is 6.89. The number of carboxylic acid groups (broad SMARTS) is 1. The van der Waals surface area contributed by atoms with E-state index in [4.69, 9.17) is 9.47 Å². The number of fused-ring (bicyclic) bond motifs is 3. The Morgan fingerprint density at radius 1 is 1.23 bits per heavy atom. The van der Waals surface area contributed by atoms with Crippen LogP contribution in [-0.4, -0.2) is 28.4 Å². The minimum atomic E-state index is -0.747. The minimum absolute atomic E-state index is 0.00551. The molecule has 0 radical (unpaired) electrons. The summed E-state index contributed by atoms with van der Waals surface area (Å²) < 4.78 is 12.2. The van der Waals surface area contributed by atoms with Crippen molar-refractivity contribution in [2.75, 3.05) is 0 Å². The molecule has 2 N–H and O–H groups in total. The van der Waals surface area contributed by atoms with Crippen LogP contribution >= 0.6 is 0 Å². The van der Waals surface area contributed by atoms with Gasteiger partial charge in [0.2, 0.25) is 0 Å². The Labute approximate surface area is 184 Å². The second-order valence-electron chi connectivity index (χ2n) is 9.10. The number of aromatic hydroxyl groups is 1. The molecule has 2 aromatic carbocycles. The molecule has 31 heavy (non-hydrogen) atoms. The van der Waals surface area contributed by atoms with Crippen LogP contribution in [0.25, 0.3) is 0 Å². The number of hydrogen-bond acceptors (Lipinski definition) is 4. The van der Waals surface area contributed by atoms with Crippen LogP contribution < -0.4 is 9.47 Å². The summed E-state index contributed by atoms with van der Waals surface area (Å²) in [4.78, 5) is 11.5. The molecule has 2 aliphatic rings. The Balaban J connectivity index is 1.44. The van der Waals surface area contributed by atoms with Crippen LogP contribution in [0.1, 0.15) is 63.0 Å². The topological polar surface area (TPSA) is 76.0 Å². The SMILES string of the molecule is C[C@H](CCCc1ccccc1)Oc1cc(O)c2c(c1)O[C@@H](C)[C@@H]1CC[C@@H](C(=O)O)C[C@@H]21. The van der Waals surface area contributed by atoms with Gasteiger partial charge < -0.3 is 19.7 Å². The first-order valence-corrected chi connectivity index (χ1v) is 11.4. The van der Waals surface area contributed by atoms with Crippen molar-refractivity contribution in [2.24, 2.45) is 11.8 Å². The Kier molecular flexibility index (Phi) is 6.40. The van der Waals surface area contributed by atoms with E-state index >= 15 is 0 Å². The first-order valence-electron chi connectivity index (χ1n) is 11.4. The van der Waals surface area contributed by atoms with E-state index in [0.717, 1.165) is 31.2 Å². The van der Waals surface area contributed by atoms with E-state index in [1.807, 2.05) is 26.0 Å². The molecule has 2 aromatic rings. The van der Waals surface area contributed by atoms with Crippen LogP contribution in [0, 0.1) is 11.8 Å². The van der Waals surface area contributed by atoms with Gasteiger partial charge in [-0.25, -0.2) is 0 Å². The minimum Gasteiger partial charge on any atom is -0.507 e. The molecule has 5 heteroatoms. The molecular weight excluding hydrogens is 392 g/mol. The fourth-order valence-corrected chi connectivity index (χ4v) is 5.25. The molecule has 0 amide bonds. The van der Waals surface area contributed by atoms with Gasteiger partial charge in [0.1, 0.15) is 17.2 Å². The number of carbonyl (C=O) groups is 1. The van der Waals surface area contributed by atoms with Crippen molar-refractivity contribution in [1.82, 2.24) is 0 Å². The number of carboxylic acids is 1. The van der Waals surface area contributed by atoms with Gasteiger partial charge in [-0.05, 0) is 63.9 Å². The maximum atomic E-state index is 11.5. The third kappa shape index (κ3) is 4.81. The molecule has 166 valence electrons. The predicted molar refractivity (Wildman–Crippen MR) is 119 cm³/mol. The molecular formula is C26H32O5. The summed E-state index contributed by atoms with van der Waals surface area (Å²) in [6.07, 6.45) is 4.97. The molecule has 5 nitrogen and oxygen atoms in total. The Morgan fingerprint density at radius 3 is 2.74 bits per heavy atom. The average molecular weight is 425 g/mol. The van der Waals surface area contributed by atoms with Crippen molar-refractivity contribution in [3.63, 3.8) is 0 Å². The van der Waals surface area contributed by atoms with Crippen LogP contribution in [-0.2, 0) is 11.2 Å². The van der Waals surface area contributed by atoms with Crippen molar-refractivity contribution in [1.29, 1.82) is 0 Å². The monoisotopic (exact) mass is 424 g/mol. The quantitative estimate of drug-likeness (QED) is 0.610. The van der Waals surface area contributed by atoms with Gasteiger partial charge in [-0.1, -0.05) is 30.3 Å². The van der Waals surface area contributed by atoms with Gasteiger partial charge >= 0.3 is 5.97 Å². The number of hydrogen-bond donors (Lipinski definition) is 2. The molecule has 0 unspecified atom stereocenters. The highest BCUT2D eigenvalue weighted by molar-refractivity contribution is 5.70. The van der Waals surface area contributed by atoms with Gasteiger partial charge in [0.05, 0.1) is 18.1 Å². The Morgan fingerprint density at radius 2 is 2.00 bits per heavy atom. The summed E-state index contributed by atoms with van der Waals surface area (Å²) in [5.74, 6) is 0.508. The van der Waals surface area contributed by atoms with Gasteiger partial charge in [-0.3, -0.25) is 4.79 Å². The fraction of sp³-hybridized carbons (Fsp3) is 0.500. The Bertz CT molecular complexity index is 910. The lowest BCUT2D eigenvalue weighted by Crippen LogP contribution is -2.39. The highest BCUT2D eigenvalue weighted by Crippen LogP contribution is 2.53. The molecule has 0 aromatic heterocycles. The number of aliphatic carboxylic acids is 1. The van der Waals surface area contributed by atoms with Gasteiger partial charge in [0.25, 0.3) is 0 Å². The molecule has 1 aliphatic carbocycles. The van der Waals surface area contributed by atoms with Crippen LogP contribution in [0.2, 0.25) is 0 Å². The summed E-state index contributed by atoms with van der Waals surface area (Å²) in [5.41, 5.74) is 2.07. The van der Waals surface area contributed by atoms with E-state index in [1.54, 1.807) is 6.07 Å². The van der Waals surface area contributed by atoms with E-state index < -0.39 is 5.97 Å². The summed E-state index contributed by atoms with van der Waals surface area (Å²) in [6, 6.07) is 13.9. The number of rotatable bonds is 7. The zero-order valence-electron chi connectivity index (χ0n) is 18.3. The molecule has 1 heterocycles. The first kappa shape index (κ1) is 21.5. The molecule has 0 saturated heterocycles. The van der Waals surface area contributed by atoms with Gasteiger partial charge in [0, 0.05) is 23.6 Å². The van der Waals surface area contributed by atoms with E-state index in [2.05, 4.69) is 24.3 Å². The number of ether oxygens (including phenoxy) is 2. The van der Waals surface area contributed by atoms with Crippen LogP contribution in [0.15, 0.2) is 42.5 Å². The van der Waals surface area contributed by atoms with Crippen molar-refractivity contribution in [2.45, 2.75) is 70.5 Å². The zero-order valence-corrected chi connectivity index (χ0v) is 18.3. The highest BCUT2D eigenvalue weighted by Gasteiger charge is 2.43. The van der Waals surface area contributed by atoms with Crippen molar-refractivity contribution < 1.29 is 24.5 Å². The summed E-state index contributed by atoms with van der Waals surface area (Å²) in [6.45, 7) is 4.08. The fourth-order valence-electron chi connectivity index (χ4n) is 5.25. The van der Waals surface area contributed by atoms with Gasteiger partial charge in [-0.15, -0.1) is 0 Å². The van der Waals surface area contributed by atoms with Crippen LogP contribution in [0.4, 0.5) is 0 Å². The average Bonchev–Trinajstić information content (AvgIpc) is 2.73. The number of benzene rings is 2. The standard InChI is InChI=1S/C26H32O5/c1-16(7-6-10-18-8-4-3-5-9-18)30-20-14-23(27)25-22-13-19(26(28)29)11-12-21(22)17(2)31-24(25)15-20/h3-5,8-9,14-17,19,21-22,27H,6-7,10-13H2,1-2H3,(H,28,29)/t16-,17+,19-,21+,22-/m1/s1. The number of phenols is 1. The van der Waals surface area contributed by atoms with Gasteiger partial charge in [0.15, 0.2) is 0 Å². The molecule has 0 spiro atoms. The Hall–Kier alpha value is -2.69. The summed E-state index contributed by atoms with van der Waals surface area (Å²) >= 11 is 0. The van der Waals surface area contributed by atoms with Crippen molar-refractivity contribution in [3.8, 4) is 17.2 Å². The lowest BCUT2D eigenvalue weighted by Gasteiger charge is -2.43. The van der Waals surface area contributed by atoms with E-state index in [1.165, 1.54) is 5.56 Å². The summed E-state index contributed by atoms with van der Waals surface area (Å²) in [5, 5.41) is 20.3. The van der Waals surface area contributed by atoms with Crippen LogP contribution in [0.5, 0.6) is 17.2 Å². The lowest BCUT2D eigenvalue weighted by atomic mass is 9.67. The maximum absolute atomic E-state index is 11.5. The van der Waals surface area contributed by atoms with Crippen LogP contribution in [0.3, 0.4) is 0 Å². The molecule has 1 saturated carbocycles. The molecule has 1 aliphatic heterocycles.